The summed E-state index contributed by atoms with van der Waals surface area (Å²) in [6.45, 7) is 9.13. The van der Waals surface area contributed by atoms with Gasteiger partial charge in [0.15, 0.2) is 0 Å². The first-order chi connectivity index (χ1) is 14.1. The number of ether oxygens (including phenoxy) is 1. The Kier molecular flexibility index (Phi) is 6.16. The summed E-state index contributed by atoms with van der Waals surface area (Å²) in [6, 6.07) is 16.1. The molecule has 2 aromatic carbocycles. The maximum Gasteiger partial charge on any atom is 0.255 e. The first-order valence-corrected chi connectivity index (χ1v) is 10.7. The quantitative estimate of drug-likeness (QED) is 0.829. The minimum atomic E-state index is -0.0585. The lowest BCUT2D eigenvalue weighted by molar-refractivity contribution is -0.0704. The summed E-state index contributed by atoms with van der Waals surface area (Å²) in [7, 11) is 0. The van der Waals surface area contributed by atoms with Crippen molar-refractivity contribution in [2.24, 2.45) is 0 Å². The Labute approximate surface area is 173 Å². The second kappa shape index (κ2) is 8.97. The molecule has 0 bridgehead atoms. The van der Waals surface area contributed by atoms with Crippen LogP contribution in [0.25, 0.3) is 0 Å². The molecule has 5 nitrogen and oxygen atoms in total. The molecule has 0 saturated carbocycles. The smallest absolute Gasteiger partial charge is 0.255 e. The summed E-state index contributed by atoms with van der Waals surface area (Å²) in [5.41, 5.74) is 3.92. The van der Waals surface area contributed by atoms with Crippen molar-refractivity contribution in [1.82, 2.24) is 4.90 Å². The van der Waals surface area contributed by atoms with Gasteiger partial charge in [0.1, 0.15) is 0 Å². The molecule has 1 amide bonds. The number of nitrogens with one attached hydrogen (secondary N) is 1. The van der Waals surface area contributed by atoms with Crippen molar-refractivity contribution in [3.63, 3.8) is 0 Å². The van der Waals surface area contributed by atoms with Crippen LogP contribution in [0.5, 0.6) is 0 Å². The summed E-state index contributed by atoms with van der Waals surface area (Å²) >= 11 is 0. The van der Waals surface area contributed by atoms with Crippen molar-refractivity contribution in [2.75, 3.05) is 36.4 Å². The highest BCUT2D eigenvalue weighted by Crippen LogP contribution is 2.29. The number of para-hydroxylation sites is 2. The van der Waals surface area contributed by atoms with Gasteiger partial charge in [-0.15, -0.1) is 0 Å². The number of rotatable bonds is 5. The molecule has 2 aliphatic heterocycles. The summed E-state index contributed by atoms with van der Waals surface area (Å²) in [5.74, 6) is -0.0585. The highest BCUT2D eigenvalue weighted by molar-refractivity contribution is 6.06. The standard InChI is InChI=1S/C24H31N3O2/c1-18-15-26(16-19(2)29-18)17-20-9-11-21(12-10-20)24(28)25-22-7-3-4-8-23(22)27-13-5-6-14-27/h3-4,7-12,18-19H,5-6,13-17H2,1-2H3,(H,25,28). The molecule has 4 rings (SSSR count). The van der Waals surface area contributed by atoms with Crippen molar-refractivity contribution in [3.05, 3.63) is 59.7 Å². The van der Waals surface area contributed by atoms with Crippen molar-refractivity contribution < 1.29 is 9.53 Å². The van der Waals surface area contributed by atoms with E-state index >= 15 is 0 Å². The highest BCUT2D eigenvalue weighted by Gasteiger charge is 2.22. The minimum Gasteiger partial charge on any atom is -0.373 e. The molecular weight excluding hydrogens is 362 g/mol. The van der Waals surface area contributed by atoms with Gasteiger partial charge in [0.2, 0.25) is 0 Å². The van der Waals surface area contributed by atoms with Crippen molar-refractivity contribution in [3.8, 4) is 0 Å². The zero-order chi connectivity index (χ0) is 20.2. The summed E-state index contributed by atoms with van der Waals surface area (Å²) < 4.78 is 5.81. The van der Waals surface area contributed by atoms with E-state index in [4.69, 9.17) is 4.74 Å². The number of benzene rings is 2. The van der Waals surface area contributed by atoms with Crippen LogP contribution in [0, 0.1) is 0 Å². The number of hydrogen-bond donors (Lipinski definition) is 1. The van der Waals surface area contributed by atoms with Crippen LogP contribution in [0.15, 0.2) is 48.5 Å². The molecular formula is C24H31N3O2. The van der Waals surface area contributed by atoms with Crippen LogP contribution in [-0.2, 0) is 11.3 Å². The molecule has 0 aliphatic carbocycles. The van der Waals surface area contributed by atoms with Gasteiger partial charge in [0.05, 0.1) is 23.6 Å². The average molecular weight is 394 g/mol. The molecule has 1 N–H and O–H groups in total. The van der Waals surface area contributed by atoms with Gasteiger partial charge >= 0.3 is 0 Å². The molecule has 2 fully saturated rings. The van der Waals surface area contributed by atoms with Gasteiger partial charge in [-0.2, -0.15) is 0 Å². The number of carbonyl (C=O) groups excluding carboxylic acids is 1. The lowest BCUT2D eigenvalue weighted by Gasteiger charge is -2.35. The maximum absolute atomic E-state index is 12.8. The van der Waals surface area contributed by atoms with E-state index < -0.39 is 0 Å². The highest BCUT2D eigenvalue weighted by atomic mass is 16.5. The molecule has 2 saturated heterocycles. The van der Waals surface area contributed by atoms with Crippen molar-refractivity contribution in [1.29, 1.82) is 0 Å². The van der Waals surface area contributed by atoms with Crippen LogP contribution in [0.2, 0.25) is 0 Å². The number of anilines is 2. The van der Waals surface area contributed by atoms with Crippen molar-refractivity contribution >= 4 is 17.3 Å². The Morgan fingerprint density at radius 2 is 1.66 bits per heavy atom. The number of carbonyl (C=O) groups is 1. The van der Waals surface area contributed by atoms with Gasteiger partial charge in [0.25, 0.3) is 5.91 Å². The molecule has 2 atom stereocenters. The molecule has 29 heavy (non-hydrogen) atoms. The Balaban J connectivity index is 1.40. The van der Waals surface area contributed by atoms with Crippen LogP contribution < -0.4 is 10.2 Å². The Morgan fingerprint density at radius 1 is 1.00 bits per heavy atom. The largest absolute Gasteiger partial charge is 0.373 e. The van der Waals surface area contributed by atoms with Gasteiger partial charge in [0, 0.05) is 38.3 Å². The summed E-state index contributed by atoms with van der Waals surface area (Å²) in [5, 5.41) is 3.11. The fourth-order valence-corrected chi connectivity index (χ4v) is 4.44. The van der Waals surface area contributed by atoms with Gasteiger partial charge in [-0.3, -0.25) is 9.69 Å². The number of hydrogen-bond acceptors (Lipinski definition) is 4. The molecule has 154 valence electrons. The zero-order valence-electron chi connectivity index (χ0n) is 17.4. The second-order valence-corrected chi connectivity index (χ2v) is 8.31. The number of nitrogens with zero attached hydrogens (tertiary/aromatic N) is 2. The van der Waals surface area contributed by atoms with E-state index in [1.54, 1.807) is 0 Å². The molecule has 2 unspecified atom stereocenters. The van der Waals surface area contributed by atoms with Crippen LogP contribution >= 0.6 is 0 Å². The van der Waals surface area contributed by atoms with E-state index in [1.165, 1.54) is 18.4 Å². The molecule has 0 radical (unpaired) electrons. The van der Waals surface area contributed by atoms with Gasteiger partial charge in [-0.25, -0.2) is 0 Å². The molecule has 2 aromatic rings. The van der Waals surface area contributed by atoms with Gasteiger partial charge in [-0.05, 0) is 56.5 Å². The van der Waals surface area contributed by atoms with Crippen molar-refractivity contribution in [2.45, 2.75) is 45.4 Å². The van der Waals surface area contributed by atoms with E-state index in [0.717, 1.165) is 44.1 Å². The first-order valence-electron chi connectivity index (χ1n) is 10.7. The van der Waals surface area contributed by atoms with E-state index in [0.29, 0.717) is 5.56 Å². The lowest BCUT2D eigenvalue weighted by atomic mass is 10.1. The summed E-state index contributed by atoms with van der Waals surface area (Å²) in [6.07, 6.45) is 2.95. The van der Waals surface area contributed by atoms with Crippen LogP contribution in [0.1, 0.15) is 42.6 Å². The minimum absolute atomic E-state index is 0.0585. The predicted octanol–water partition coefficient (Wildman–Crippen LogP) is 4.15. The SMILES string of the molecule is CC1CN(Cc2ccc(C(=O)Nc3ccccc3N3CCCC3)cc2)CC(C)O1. The first kappa shape index (κ1) is 19.9. The molecule has 2 heterocycles. The zero-order valence-corrected chi connectivity index (χ0v) is 17.4. The lowest BCUT2D eigenvalue weighted by Crippen LogP contribution is -2.44. The second-order valence-electron chi connectivity index (χ2n) is 8.31. The Bertz CT molecular complexity index is 820. The fraction of sp³-hybridized carbons (Fsp3) is 0.458. The Hall–Kier alpha value is -2.37. The van der Waals surface area contributed by atoms with E-state index in [2.05, 4.69) is 47.2 Å². The maximum atomic E-state index is 12.8. The fourth-order valence-electron chi connectivity index (χ4n) is 4.44. The van der Waals surface area contributed by atoms with E-state index in [1.807, 2.05) is 30.3 Å². The van der Waals surface area contributed by atoms with Crippen LogP contribution in [0.4, 0.5) is 11.4 Å². The van der Waals surface area contributed by atoms with Crippen LogP contribution in [0.3, 0.4) is 0 Å². The topological polar surface area (TPSA) is 44.8 Å². The Morgan fingerprint density at radius 3 is 2.34 bits per heavy atom. The predicted molar refractivity (Wildman–Crippen MR) is 118 cm³/mol. The normalized spacial score (nSPS) is 22.6. The van der Waals surface area contributed by atoms with Crippen LogP contribution in [-0.4, -0.2) is 49.2 Å². The van der Waals surface area contributed by atoms with E-state index in [9.17, 15) is 4.79 Å². The molecule has 5 heteroatoms. The monoisotopic (exact) mass is 393 g/mol. The average Bonchev–Trinajstić information content (AvgIpc) is 3.23. The number of morpholine rings is 1. The third-order valence-corrected chi connectivity index (χ3v) is 5.72. The summed E-state index contributed by atoms with van der Waals surface area (Å²) in [4.78, 5) is 17.6. The molecule has 0 spiro atoms. The number of amides is 1. The molecule has 2 aliphatic rings. The molecule has 0 aromatic heterocycles. The third-order valence-electron chi connectivity index (χ3n) is 5.72. The van der Waals surface area contributed by atoms with E-state index in [-0.39, 0.29) is 18.1 Å². The third kappa shape index (κ3) is 4.98. The van der Waals surface area contributed by atoms with Gasteiger partial charge < -0.3 is 15.0 Å². The van der Waals surface area contributed by atoms with Gasteiger partial charge in [-0.1, -0.05) is 24.3 Å².